The van der Waals surface area contributed by atoms with E-state index in [-0.39, 0.29) is 23.6 Å². The van der Waals surface area contributed by atoms with E-state index in [9.17, 15) is 19.5 Å². The van der Waals surface area contributed by atoms with Gasteiger partial charge in [0.05, 0.1) is 5.56 Å². The van der Waals surface area contributed by atoms with Crippen molar-refractivity contribution in [1.82, 2.24) is 19.3 Å². The molecule has 0 fully saturated rings. The Labute approximate surface area is 335 Å². The van der Waals surface area contributed by atoms with E-state index in [1.54, 1.807) is 47.2 Å². The fourth-order valence-electron chi connectivity index (χ4n) is 7.84. The first-order valence-corrected chi connectivity index (χ1v) is 19.5. The van der Waals surface area contributed by atoms with Gasteiger partial charge in [-0.05, 0) is 118 Å². The summed E-state index contributed by atoms with van der Waals surface area (Å²) in [4.78, 5) is 52.0. The number of carbonyl (C=O) groups excluding carboxylic acids is 3. The highest BCUT2D eigenvalue weighted by Crippen LogP contribution is 2.36. The Bertz CT molecular complexity index is 2310. The van der Waals surface area contributed by atoms with Gasteiger partial charge in [0.1, 0.15) is 11.5 Å². The standard InChI is InChI=1S/C46H52N6O5/c1-30-23-32-11-8-9-12-34(32)29-52(30)45(55)42-25-35-28-51(46(56)57-39-14-10-13-37(26-39)48(5)22-21-47(3)4)20-19-33(35)24-41(42)43-27-40(31(2)49(43)6)44(54)50(7)36-15-17-38(53)18-16-36/h8-18,24-27,30,53H,19-23,28-29H2,1-7H3/t30-/m1/s1. The molecular weight excluding hydrogens is 717 g/mol. The number of rotatable bonds is 9. The van der Waals surface area contributed by atoms with Crippen LogP contribution in [0.4, 0.5) is 16.2 Å². The molecule has 57 heavy (non-hydrogen) atoms. The van der Waals surface area contributed by atoms with E-state index in [2.05, 4.69) is 34.9 Å². The molecule has 0 unspecified atom stereocenters. The van der Waals surface area contributed by atoms with Crippen LogP contribution in [0.1, 0.15) is 55.6 Å². The summed E-state index contributed by atoms with van der Waals surface area (Å²) in [6, 6.07) is 28.2. The van der Waals surface area contributed by atoms with Crippen molar-refractivity contribution in [3.8, 4) is 22.8 Å². The van der Waals surface area contributed by atoms with Gasteiger partial charge < -0.3 is 38.9 Å². The zero-order valence-electron chi connectivity index (χ0n) is 34.0. The maximum atomic E-state index is 14.9. The maximum Gasteiger partial charge on any atom is 0.415 e. The van der Waals surface area contributed by atoms with Gasteiger partial charge in [-0.25, -0.2) is 4.79 Å². The van der Waals surface area contributed by atoms with Crippen molar-refractivity contribution in [1.29, 1.82) is 0 Å². The second-order valence-electron chi connectivity index (χ2n) is 15.7. The van der Waals surface area contributed by atoms with Crippen LogP contribution >= 0.6 is 0 Å². The quantitative estimate of drug-likeness (QED) is 0.170. The van der Waals surface area contributed by atoms with Crippen LogP contribution in [-0.4, -0.2) is 96.1 Å². The zero-order valence-corrected chi connectivity index (χ0v) is 34.0. The van der Waals surface area contributed by atoms with Gasteiger partial charge in [-0.3, -0.25) is 9.59 Å². The van der Waals surface area contributed by atoms with Crippen LogP contribution in [0.2, 0.25) is 0 Å². The second kappa shape index (κ2) is 16.2. The average molecular weight is 769 g/mol. The number of benzene rings is 4. The van der Waals surface area contributed by atoms with Gasteiger partial charge in [0.25, 0.3) is 11.8 Å². The summed E-state index contributed by atoms with van der Waals surface area (Å²) < 4.78 is 7.91. The van der Waals surface area contributed by atoms with E-state index in [4.69, 9.17) is 4.74 Å². The Morgan fingerprint density at radius 3 is 2.26 bits per heavy atom. The first-order chi connectivity index (χ1) is 27.3. The number of likely N-dealkylation sites (N-methyl/N-ethyl adjacent to an activating group) is 2. The highest BCUT2D eigenvalue weighted by molar-refractivity contribution is 6.08. The molecule has 3 heterocycles. The largest absolute Gasteiger partial charge is 0.508 e. The third kappa shape index (κ3) is 8.11. The van der Waals surface area contributed by atoms with Crippen LogP contribution in [0.3, 0.4) is 0 Å². The number of fused-ring (bicyclic) bond motifs is 2. The van der Waals surface area contributed by atoms with Crippen molar-refractivity contribution in [3.05, 3.63) is 130 Å². The van der Waals surface area contributed by atoms with Crippen molar-refractivity contribution >= 4 is 29.3 Å². The van der Waals surface area contributed by atoms with Crippen LogP contribution in [0.5, 0.6) is 11.5 Å². The Morgan fingerprint density at radius 1 is 0.789 bits per heavy atom. The minimum atomic E-state index is -0.439. The number of phenolic OH excluding ortho intramolecular Hbond substituents is 1. The predicted molar refractivity (Wildman–Crippen MR) is 224 cm³/mol. The second-order valence-corrected chi connectivity index (χ2v) is 15.7. The Morgan fingerprint density at radius 2 is 1.53 bits per heavy atom. The molecule has 2 aliphatic heterocycles. The first kappa shape index (κ1) is 39.2. The number of hydrogen-bond acceptors (Lipinski definition) is 7. The van der Waals surface area contributed by atoms with Crippen LogP contribution < -0.4 is 14.5 Å². The number of nitrogens with zero attached hydrogens (tertiary/aromatic N) is 6. The van der Waals surface area contributed by atoms with E-state index in [1.165, 1.54) is 5.56 Å². The summed E-state index contributed by atoms with van der Waals surface area (Å²) in [5.41, 5.74) is 9.22. The molecule has 0 radical (unpaired) electrons. The fraction of sp³-hybridized carbons (Fsp3) is 0.326. The molecule has 11 nitrogen and oxygen atoms in total. The third-order valence-corrected chi connectivity index (χ3v) is 11.5. The molecule has 4 aromatic carbocycles. The number of ether oxygens (including phenoxy) is 1. The fourth-order valence-corrected chi connectivity index (χ4v) is 7.84. The topological polar surface area (TPSA) is 102 Å². The molecule has 0 saturated heterocycles. The summed E-state index contributed by atoms with van der Waals surface area (Å²) in [5, 5.41) is 9.81. The molecule has 2 aliphatic rings. The Kier molecular flexibility index (Phi) is 11.1. The summed E-state index contributed by atoms with van der Waals surface area (Å²) in [7, 11) is 9.73. The Balaban J connectivity index is 1.21. The van der Waals surface area contributed by atoms with Gasteiger partial charge >= 0.3 is 6.09 Å². The molecule has 0 bridgehead atoms. The summed E-state index contributed by atoms with van der Waals surface area (Å²) in [5.74, 6) is 0.300. The lowest BCUT2D eigenvalue weighted by Crippen LogP contribution is -2.43. The number of carbonyl (C=O) groups is 3. The monoisotopic (exact) mass is 768 g/mol. The zero-order chi connectivity index (χ0) is 40.5. The van der Waals surface area contributed by atoms with Crippen molar-refractivity contribution in [3.63, 3.8) is 0 Å². The number of anilines is 2. The van der Waals surface area contributed by atoms with Gasteiger partial charge in [0.15, 0.2) is 0 Å². The number of amides is 3. The smallest absolute Gasteiger partial charge is 0.415 e. The first-order valence-electron chi connectivity index (χ1n) is 19.5. The molecule has 1 N–H and O–H groups in total. The van der Waals surface area contributed by atoms with Gasteiger partial charge in [0.2, 0.25) is 0 Å². The highest BCUT2D eigenvalue weighted by Gasteiger charge is 2.33. The molecule has 5 aromatic rings. The van der Waals surface area contributed by atoms with Gasteiger partial charge in [-0.15, -0.1) is 0 Å². The van der Waals surface area contributed by atoms with Crippen molar-refractivity contribution in [2.75, 3.05) is 57.6 Å². The average Bonchev–Trinajstić information content (AvgIpc) is 3.51. The lowest BCUT2D eigenvalue weighted by Gasteiger charge is -2.36. The molecular formula is C46H52N6O5. The van der Waals surface area contributed by atoms with E-state index < -0.39 is 6.09 Å². The molecule has 3 amide bonds. The molecule has 0 spiro atoms. The maximum absolute atomic E-state index is 14.9. The molecule has 0 saturated carbocycles. The van der Waals surface area contributed by atoms with Crippen LogP contribution in [-0.2, 0) is 33.0 Å². The third-order valence-electron chi connectivity index (χ3n) is 11.5. The minimum Gasteiger partial charge on any atom is -0.508 e. The molecule has 296 valence electrons. The van der Waals surface area contributed by atoms with Crippen molar-refractivity contribution in [2.24, 2.45) is 7.05 Å². The SMILES string of the molecule is Cc1c(C(=O)N(C)c2ccc(O)cc2)cc(-c2cc3c(cc2C(=O)N2Cc4ccccc4C[C@H]2C)CN(C(=O)Oc2cccc(N(C)CCN(C)C)c2)CC3)n1C. The molecule has 1 aromatic heterocycles. The number of hydrogen-bond donors (Lipinski definition) is 1. The molecule has 7 rings (SSSR count). The van der Waals surface area contributed by atoms with E-state index >= 15 is 0 Å². The summed E-state index contributed by atoms with van der Waals surface area (Å²) in [6.45, 7) is 6.95. The highest BCUT2D eigenvalue weighted by atomic mass is 16.6. The summed E-state index contributed by atoms with van der Waals surface area (Å²) in [6.07, 6.45) is 0.886. The number of aromatic hydroxyl groups is 1. The van der Waals surface area contributed by atoms with E-state index in [0.717, 1.165) is 58.8 Å². The Hall–Kier alpha value is -6.07. The van der Waals surface area contributed by atoms with Crippen LogP contribution in [0.25, 0.3) is 11.3 Å². The number of aromatic nitrogens is 1. The minimum absolute atomic E-state index is 0.0355. The van der Waals surface area contributed by atoms with Gasteiger partial charge in [0, 0.05) is 99.9 Å². The predicted octanol–water partition coefficient (Wildman–Crippen LogP) is 7.12. The summed E-state index contributed by atoms with van der Waals surface area (Å²) >= 11 is 0. The lowest BCUT2D eigenvalue weighted by atomic mass is 9.90. The van der Waals surface area contributed by atoms with Gasteiger partial charge in [-0.2, -0.15) is 0 Å². The van der Waals surface area contributed by atoms with Crippen LogP contribution in [0.15, 0.2) is 91.0 Å². The molecule has 1 atom stereocenters. The molecule has 0 aliphatic carbocycles. The van der Waals surface area contributed by atoms with Crippen molar-refractivity contribution in [2.45, 2.75) is 45.8 Å². The normalized spacial score (nSPS) is 14.9. The van der Waals surface area contributed by atoms with Crippen molar-refractivity contribution < 1.29 is 24.2 Å². The lowest BCUT2D eigenvalue weighted by molar-refractivity contribution is 0.0658. The number of phenols is 1. The van der Waals surface area contributed by atoms with E-state index in [1.807, 2.05) is 87.0 Å². The van der Waals surface area contributed by atoms with Gasteiger partial charge in [-0.1, -0.05) is 30.3 Å². The van der Waals surface area contributed by atoms with Crippen LogP contribution in [0, 0.1) is 6.92 Å². The van der Waals surface area contributed by atoms with E-state index in [0.29, 0.717) is 48.6 Å². The molecule has 11 heteroatoms.